The molecule has 0 aliphatic rings. The van der Waals surface area contributed by atoms with E-state index in [2.05, 4.69) is 11.1 Å². The zero-order valence-corrected chi connectivity index (χ0v) is 33.9. The van der Waals surface area contributed by atoms with Crippen LogP contribution in [0.3, 0.4) is 0 Å². The van der Waals surface area contributed by atoms with Crippen LogP contribution in [0.4, 0.5) is 0 Å². The summed E-state index contributed by atoms with van der Waals surface area (Å²) in [5.41, 5.74) is 38.5. The van der Waals surface area contributed by atoms with E-state index >= 15 is 0 Å². The van der Waals surface area contributed by atoms with Crippen molar-refractivity contribution in [3.05, 3.63) is 195 Å². The van der Waals surface area contributed by atoms with Gasteiger partial charge in [-0.25, -0.2) is 0 Å². The smallest absolute Gasteiger partial charge is 0.123 e. The highest BCUT2D eigenvalue weighted by Crippen LogP contribution is 2.26. The first kappa shape index (κ1) is 44.3. The maximum Gasteiger partial charge on any atom is 0.123 e. The Morgan fingerprint density at radius 2 is 0.806 bits per heavy atom. The first-order valence-electron chi connectivity index (χ1n) is 19.1. The SMILES string of the molecule is CC(=N)c1ccc(-c2cc3ccc(C(=N)N)cc3[nH]2)cc1.N=C(N)c1ccc(/C=C/c2ccc(C(=N)N)cc2)cc1.N=C(N)c1ccc(/C=C/c2ccc(C(=N)N)cc2O)cc1. The Labute approximate surface area is 359 Å². The fourth-order valence-electron chi connectivity index (χ4n) is 5.90. The van der Waals surface area contributed by atoms with Crippen molar-refractivity contribution in [2.24, 2.45) is 28.7 Å². The number of rotatable bonds is 11. The van der Waals surface area contributed by atoms with E-state index in [-0.39, 0.29) is 34.9 Å². The van der Waals surface area contributed by atoms with Crippen molar-refractivity contribution in [2.45, 2.75) is 6.92 Å². The Hall–Kier alpha value is -8.84. The number of amidine groups is 5. The number of benzene rings is 6. The van der Waals surface area contributed by atoms with Gasteiger partial charge in [-0.3, -0.25) is 27.0 Å². The van der Waals surface area contributed by atoms with Crippen LogP contribution in [0.1, 0.15) is 62.6 Å². The number of nitrogens with one attached hydrogen (secondary N) is 7. The molecule has 0 saturated heterocycles. The quantitative estimate of drug-likeness (QED) is 0.0347. The summed E-state index contributed by atoms with van der Waals surface area (Å²) in [5.74, 6) is 0.225. The third-order valence-corrected chi connectivity index (χ3v) is 9.49. The van der Waals surface area contributed by atoms with E-state index in [0.29, 0.717) is 39.1 Å². The van der Waals surface area contributed by atoms with Gasteiger partial charge in [0.1, 0.15) is 34.9 Å². The molecule has 7 rings (SSSR count). The lowest BCUT2D eigenvalue weighted by Crippen LogP contribution is -2.10. The number of aromatic nitrogens is 1. The van der Waals surface area contributed by atoms with Crippen molar-refractivity contribution < 1.29 is 5.11 Å². The molecule has 6 aromatic carbocycles. The van der Waals surface area contributed by atoms with Crippen molar-refractivity contribution >= 4 is 70.1 Å². The fourth-order valence-corrected chi connectivity index (χ4v) is 5.90. The number of fused-ring (bicyclic) bond motifs is 1. The van der Waals surface area contributed by atoms with Crippen LogP contribution in [0.15, 0.2) is 140 Å². The van der Waals surface area contributed by atoms with Gasteiger partial charge in [-0.1, -0.05) is 146 Å². The van der Waals surface area contributed by atoms with Gasteiger partial charge in [0.2, 0.25) is 0 Å². The molecular weight excluding hydrogens is 773 g/mol. The van der Waals surface area contributed by atoms with Gasteiger partial charge in [0.05, 0.1) is 0 Å². The Morgan fingerprint density at radius 1 is 0.435 bits per heavy atom. The largest absolute Gasteiger partial charge is 0.507 e. The van der Waals surface area contributed by atoms with Gasteiger partial charge < -0.3 is 44.2 Å². The molecule has 0 bridgehead atoms. The van der Waals surface area contributed by atoms with Crippen LogP contribution >= 0.6 is 0 Å². The molecule has 0 saturated carbocycles. The summed E-state index contributed by atoms with van der Waals surface area (Å²) in [6.45, 7) is 1.78. The predicted octanol–water partition coefficient (Wildman–Crippen LogP) is 8.06. The third-order valence-electron chi connectivity index (χ3n) is 9.49. The van der Waals surface area contributed by atoms with Gasteiger partial charge >= 0.3 is 0 Å². The average molecular weight is 821 g/mol. The van der Waals surface area contributed by atoms with Crippen molar-refractivity contribution in [3.63, 3.8) is 0 Å². The molecule has 1 heterocycles. The van der Waals surface area contributed by atoms with Gasteiger partial charge in [0, 0.05) is 55.7 Å². The number of H-pyrrole nitrogens is 1. The molecule has 13 nitrogen and oxygen atoms in total. The standard InChI is InChI=1S/C17H16N4.C16H16N4O.C16H16N4/c1-10(18)11-2-4-12(5-3-11)15-8-13-6-7-14(17(19)20)9-16(13)21-15;17-15(18)12-5-2-10(3-6-12)1-4-11-7-8-13(16(19)20)9-14(11)21;17-15(18)13-7-3-11(4-8-13)1-2-12-5-9-14(10-6-12)16(19)20/h2-9,18,21H,1H3,(H3,19,20);1-9,21H,(H3,17,18)(H3,19,20);1-10H,(H3,17,18)(H3,19,20)/b;4-1+;2-1+. The molecule has 0 aliphatic carbocycles. The summed E-state index contributed by atoms with van der Waals surface area (Å²) in [6, 6.07) is 42.7. The van der Waals surface area contributed by atoms with Crippen LogP contribution in [-0.2, 0) is 0 Å². The third kappa shape index (κ3) is 12.1. The van der Waals surface area contributed by atoms with Crippen LogP contribution in [0.5, 0.6) is 5.75 Å². The molecule has 0 spiro atoms. The molecule has 0 unspecified atom stereocenters. The van der Waals surface area contributed by atoms with Crippen LogP contribution < -0.4 is 28.7 Å². The summed E-state index contributed by atoms with van der Waals surface area (Å²) >= 11 is 0. The Balaban J connectivity index is 0.000000176. The van der Waals surface area contributed by atoms with Crippen LogP contribution in [-0.4, -0.2) is 45.0 Å². The van der Waals surface area contributed by atoms with Crippen molar-refractivity contribution in [1.82, 2.24) is 4.98 Å². The minimum atomic E-state index is -0.0827. The topological polar surface area (TPSA) is 309 Å². The Morgan fingerprint density at radius 3 is 1.21 bits per heavy atom. The summed E-state index contributed by atoms with van der Waals surface area (Å²) in [4.78, 5) is 3.35. The monoisotopic (exact) mass is 820 g/mol. The molecule has 1 aromatic heterocycles. The average Bonchev–Trinajstić information content (AvgIpc) is 3.70. The number of phenolic OH excluding ortho intramolecular Hbond substituents is 1. The Kier molecular flexibility index (Phi) is 14.4. The maximum absolute atomic E-state index is 9.89. The minimum Gasteiger partial charge on any atom is -0.507 e. The predicted molar refractivity (Wildman–Crippen MR) is 257 cm³/mol. The molecular formula is C49H48N12O. The van der Waals surface area contributed by atoms with Crippen molar-refractivity contribution in [2.75, 3.05) is 0 Å². The molecule has 0 radical (unpaired) electrons. The lowest BCUT2D eigenvalue weighted by molar-refractivity contribution is 0.474. The van der Waals surface area contributed by atoms with Crippen molar-refractivity contribution in [3.8, 4) is 17.0 Å². The second kappa shape index (κ2) is 20.2. The molecule has 310 valence electrons. The molecule has 13 heteroatoms. The summed E-state index contributed by atoms with van der Waals surface area (Å²) in [7, 11) is 0. The number of aromatic hydroxyl groups is 1. The van der Waals surface area contributed by atoms with Gasteiger partial charge in [0.15, 0.2) is 0 Å². The van der Waals surface area contributed by atoms with E-state index < -0.39 is 0 Å². The number of hydrogen-bond donors (Lipinski definition) is 13. The second-order valence-corrected chi connectivity index (χ2v) is 14.1. The molecule has 7 aromatic rings. The van der Waals surface area contributed by atoms with E-state index in [1.807, 2.05) is 121 Å². The van der Waals surface area contributed by atoms with Gasteiger partial charge in [-0.15, -0.1) is 0 Å². The molecule has 0 fully saturated rings. The number of nitrogens with two attached hydrogens (primary N) is 5. The number of phenols is 1. The van der Waals surface area contributed by atoms with E-state index in [4.69, 9.17) is 61.1 Å². The normalized spacial score (nSPS) is 10.7. The number of nitrogen functional groups attached to an aromatic ring is 5. The second-order valence-electron chi connectivity index (χ2n) is 14.1. The highest BCUT2D eigenvalue weighted by atomic mass is 16.3. The zero-order valence-electron chi connectivity index (χ0n) is 33.9. The minimum absolute atomic E-state index is 0.0306. The van der Waals surface area contributed by atoms with Crippen LogP contribution in [0.2, 0.25) is 0 Å². The van der Waals surface area contributed by atoms with Crippen LogP contribution in [0.25, 0.3) is 46.5 Å². The summed E-state index contributed by atoms with van der Waals surface area (Å²) in [6.07, 6.45) is 7.56. The van der Waals surface area contributed by atoms with E-state index in [1.165, 1.54) is 6.07 Å². The zero-order chi connectivity index (χ0) is 44.9. The summed E-state index contributed by atoms with van der Waals surface area (Å²) in [5, 5.41) is 55.4. The van der Waals surface area contributed by atoms with E-state index in [9.17, 15) is 5.11 Å². The highest BCUT2D eigenvalue weighted by Gasteiger charge is 2.07. The van der Waals surface area contributed by atoms with Gasteiger partial charge in [-0.2, -0.15) is 0 Å². The van der Waals surface area contributed by atoms with E-state index in [1.54, 1.807) is 37.3 Å². The van der Waals surface area contributed by atoms with Gasteiger partial charge in [0.25, 0.3) is 0 Å². The number of aromatic amines is 1. The number of hydrogen-bond acceptors (Lipinski definition) is 7. The van der Waals surface area contributed by atoms with Crippen molar-refractivity contribution in [1.29, 1.82) is 32.5 Å². The molecule has 0 amide bonds. The molecule has 18 N–H and O–H groups in total. The molecule has 0 aliphatic heterocycles. The molecule has 62 heavy (non-hydrogen) atoms. The summed E-state index contributed by atoms with van der Waals surface area (Å²) < 4.78 is 0. The van der Waals surface area contributed by atoms with Crippen LogP contribution in [0, 0.1) is 32.5 Å². The lowest BCUT2D eigenvalue weighted by atomic mass is 10.1. The van der Waals surface area contributed by atoms with E-state index in [0.717, 1.165) is 44.4 Å². The fraction of sp³-hybridized carbons (Fsp3) is 0.0204. The van der Waals surface area contributed by atoms with Gasteiger partial charge in [-0.05, 0) is 52.9 Å². The lowest BCUT2D eigenvalue weighted by Gasteiger charge is -2.03. The highest BCUT2D eigenvalue weighted by molar-refractivity contribution is 6.00. The first-order chi connectivity index (χ1) is 29.6. The maximum atomic E-state index is 9.89. The molecule has 0 atom stereocenters. The Bertz CT molecular complexity index is 2770. The first-order valence-corrected chi connectivity index (χ1v) is 19.1.